The van der Waals surface area contributed by atoms with Gasteiger partial charge in [-0.1, -0.05) is 37.1 Å². The van der Waals surface area contributed by atoms with Gasteiger partial charge >= 0.3 is 6.01 Å². The van der Waals surface area contributed by atoms with Gasteiger partial charge in [-0.25, -0.2) is 9.97 Å². The highest BCUT2D eigenvalue weighted by Crippen LogP contribution is 2.28. The summed E-state index contributed by atoms with van der Waals surface area (Å²) in [6, 6.07) is 11.5. The van der Waals surface area contributed by atoms with Crippen LogP contribution in [0.4, 0.5) is 0 Å². The van der Waals surface area contributed by atoms with E-state index in [-0.39, 0.29) is 6.10 Å². The molecule has 5 rings (SSSR count). The highest BCUT2D eigenvalue weighted by atomic mass is 16.5. The largest absolute Gasteiger partial charge is 0.460 e. The monoisotopic (exact) mass is 374 g/mol. The molecular formula is C23H26N4O. The molecule has 0 amide bonds. The molecule has 28 heavy (non-hydrogen) atoms. The van der Waals surface area contributed by atoms with Gasteiger partial charge in [0.15, 0.2) is 0 Å². The van der Waals surface area contributed by atoms with Gasteiger partial charge < -0.3 is 9.64 Å². The molecule has 1 aromatic carbocycles. The van der Waals surface area contributed by atoms with Crippen molar-refractivity contribution in [2.75, 3.05) is 13.1 Å². The molecule has 5 nitrogen and oxygen atoms in total. The summed E-state index contributed by atoms with van der Waals surface area (Å²) < 4.78 is 6.08. The molecule has 2 aromatic heterocycles. The average Bonchev–Trinajstić information content (AvgIpc) is 3.29. The smallest absolute Gasteiger partial charge is 0.316 e. The van der Waals surface area contributed by atoms with E-state index < -0.39 is 0 Å². The van der Waals surface area contributed by atoms with E-state index in [1.165, 1.54) is 25.7 Å². The molecule has 3 aromatic rings. The Kier molecular flexibility index (Phi) is 4.92. The maximum Gasteiger partial charge on any atom is 0.316 e. The van der Waals surface area contributed by atoms with Crippen LogP contribution in [0.5, 0.6) is 6.01 Å². The molecule has 1 saturated carbocycles. The number of nitrogens with zero attached hydrogens (tertiary/aromatic N) is 4. The molecule has 1 aliphatic carbocycles. The maximum atomic E-state index is 6.08. The van der Waals surface area contributed by atoms with Crippen LogP contribution in [0.15, 0.2) is 48.9 Å². The molecule has 0 spiro atoms. The number of piperidine rings is 1. The summed E-state index contributed by atoms with van der Waals surface area (Å²) >= 11 is 0. The summed E-state index contributed by atoms with van der Waals surface area (Å²) in [4.78, 5) is 16.1. The van der Waals surface area contributed by atoms with Crippen molar-refractivity contribution in [3.05, 3.63) is 48.9 Å². The Morgan fingerprint density at radius 3 is 2.39 bits per heavy atom. The zero-order chi connectivity index (χ0) is 18.8. The van der Waals surface area contributed by atoms with E-state index in [1.54, 1.807) is 0 Å². The van der Waals surface area contributed by atoms with Crippen molar-refractivity contribution in [3.63, 3.8) is 0 Å². The van der Waals surface area contributed by atoms with Crippen molar-refractivity contribution < 1.29 is 4.74 Å². The summed E-state index contributed by atoms with van der Waals surface area (Å²) in [5.74, 6) is 0. The first-order valence-corrected chi connectivity index (χ1v) is 10.4. The molecule has 0 atom stereocenters. The van der Waals surface area contributed by atoms with E-state index in [0.29, 0.717) is 6.01 Å². The quantitative estimate of drug-likeness (QED) is 0.674. The van der Waals surface area contributed by atoms with Gasteiger partial charge in [-0.15, -0.1) is 0 Å². The number of ether oxygens (including phenoxy) is 1. The molecule has 1 aliphatic heterocycles. The van der Waals surface area contributed by atoms with Gasteiger partial charge in [0, 0.05) is 54.2 Å². The van der Waals surface area contributed by atoms with Crippen LogP contribution >= 0.6 is 0 Å². The number of hydrogen-bond acceptors (Lipinski definition) is 5. The third kappa shape index (κ3) is 3.59. The van der Waals surface area contributed by atoms with Crippen molar-refractivity contribution in [2.45, 2.75) is 50.7 Å². The highest BCUT2D eigenvalue weighted by molar-refractivity contribution is 5.93. The number of para-hydroxylation sites is 1. The first kappa shape index (κ1) is 17.6. The summed E-state index contributed by atoms with van der Waals surface area (Å²) in [6.45, 7) is 2.27. The van der Waals surface area contributed by atoms with Crippen LogP contribution in [0.1, 0.15) is 38.5 Å². The fourth-order valence-electron chi connectivity index (χ4n) is 4.63. The third-order valence-corrected chi connectivity index (χ3v) is 6.16. The van der Waals surface area contributed by atoms with Crippen molar-refractivity contribution in [3.8, 4) is 17.1 Å². The lowest BCUT2D eigenvalue weighted by Crippen LogP contribution is -2.43. The lowest BCUT2D eigenvalue weighted by molar-refractivity contribution is 0.0710. The standard InChI is InChI=1S/C23H26N4O/c1-2-8-19(7-1)27-13-10-20(11-14-27)28-23-25-15-18(16-26-23)21-9-3-5-17-6-4-12-24-22(17)21/h3-6,9,12,15-16,19-20H,1-2,7-8,10-11,13-14H2. The van der Waals surface area contributed by atoms with E-state index in [0.717, 1.165) is 54.0 Å². The topological polar surface area (TPSA) is 51.1 Å². The number of likely N-dealkylation sites (tertiary alicyclic amines) is 1. The van der Waals surface area contributed by atoms with Gasteiger partial charge in [-0.05, 0) is 31.7 Å². The lowest BCUT2D eigenvalue weighted by atomic mass is 10.0. The van der Waals surface area contributed by atoms with Gasteiger partial charge in [0.05, 0.1) is 5.52 Å². The van der Waals surface area contributed by atoms with E-state index in [2.05, 4.69) is 38.1 Å². The fraction of sp³-hybridized carbons (Fsp3) is 0.435. The number of hydrogen-bond donors (Lipinski definition) is 0. The second kappa shape index (κ2) is 7.84. The zero-order valence-electron chi connectivity index (χ0n) is 16.1. The summed E-state index contributed by atoms with van der Waals surface area (Å²) in [6.07, 6.45) is 13.4. The zero-order valence-corrected chi connectivity index (χ0v) is 16.1. The minimum Gasteiger partial charge on any atom is -0.460 e. The van der Waals surface area contributed by atoms with E-state index in [9.17, 15) is 0 Å². The molecular weight excluding hydrogens is 348 g/mol. The summed E-state index contributed by atoms with van der Waals surface area (Å²) in [7, 11) is 0. The van der Waals surface area contributed by atoms with Crippen LogP contribution in [0, 0.1) is 0 Å². The molecule has 2 fully saturated rings. The Morgan fingerprint density at radius 2 is 1.61 bits per heavy atom. The average molecular weight is 374 g/mol. The van der Waals surface area contributed by atoms with Crippen LogP contribution in [-0.2, 0) is 0 Å². The maximum absolute atomic E-state index is 6.08. The van der Waals surface area contributed by atoms with Crippen LogP contribution in [0.25, 0.3) is 22.0 Å². The van der Waals surface area contributed by atoms with Crippen molar-refractivity contribution >= 4 is 10.9 Å². The second-order valence-corrected chi connectivity index (χ2v) is 7.93. The van der Waals surface area contributed by atoms with E-state index in [1.807, 2.05) is 30.7 Å². The normalized spacial score (nSPS) is 19.3. The van der Waals surface area contributed by atoms with Gasteiger partial charge in [0.1, 0.15) is 6.10 Å². The molecule has 0 bridgehead atoms. The van der Waals surface area contributed by atoms with Gasteiger partial charge in [-0.2, -0.15) is 0 Å². The van der Waals surface area contributed by atoms with Crippen LogP contribution in [-0.4, -0.2) is 45.1 Å². The predicted octanol–water partition coefficient (Wildman–Crippen LogP) is 4.48. The molecule has 0 N–H and O–H groups in total. The Morgan fingerprint density at radius 1 is 0.857 bits per heavy atom. The molecule has 5 heteroatoms. The van der Waals surface area contributed by atoms with Crippen LogP contribution in [0.2, 0.25) is 0 Å². The van der Waals surface area contributed by atoms with Crippen LogP contribution < -0.4 is 4.74 Å². The second-order valence-electron chi connectivity index (χ2n) is 7.93. The first-order valence-electron chi connectivity index (χ1n) is 10.4. The van der Waals surface area contributed by atoms with Gasteiger partial charge in [0.25, 0.3) is 0 Å². The van der Waals surface area contributed by atoms with Crippen molar-refractivity contribution in [2.24, 2.45) is 0 Å². The Balaban J connectivity index is 1.24. The number of fused-ring (bicyclic) bond motifs is 1. The number of benzene rings is 1. The van der Waals surface area contributed by atoms with E-state index in [4.69, 9.17) is 4.74 Å². The van der Waals surface area contributed by atoms with E-state index >= 15 is 0 Å². The number of pyridine rings is 1. The Bertz CT molecular complexity index is 923. The molecule has 2 aliphatic rings. The fourth-order valence-corrected chi connectivity index (χ4v) is 4.63. The molecule has 144 valence electrons. The third-order valence-electron chi connectivity index (χ3n) is 6.16. The van der Waals surface area contributed by atoms with Gasteiger partial charge in [0.2, 0.25) is 0 Å². The molecule has 1 saturated heterocycles. The minimum absolute atomic E-state index is 0.225. The number of rotatable bonds is 4. The Hall–Kier alpha value is -2.53. The number of aromatic nitrogens is 3. The molecule has 0 radical (unpaired) electrons. The first-order chi connectivity index (χ1) is 13.9. The Labute approximate surface area is 165 Å². The SMILES string of the molecule is c1cnc2c(-c3cnc(OC4CCN(C5CCCC5)CC4)nc3)cccc2c1. The van der Waals surface area contributed by atoms with Crippen LogP contribution in [0.3, 0.4) is 0 Å². The minimum atomic E-state index is 0.225. The van der Waals surface area contributed by atoms with Crippen molar-refractivity contribution in [1.29, 1.82) is 0 Å². The molecule has 3 heterocycles. The summed E-state index contributed by atoms with van der Waals surface area (Å²) in [5.41, 5.74) is 2.99. The lowest BCUT2D eigenvalue weighted by Gasteiger charge is -2.35. The summed E-state index contributed by atoms with van der Waals surface area (Å²) in [5, 5.41) is 1.12. The van der Waals surface area contributed by atoms with Crippen molar-refractivity contribution in [1.82, 2.24) is 19.9 Å². The highest BCUT2D eigenvalue weighted by Gasteiger charge is 2.28. The molecule has 0 unspecified atom stereocenters. The predicted molar refractivity (Wildman–Crippen MR) is 110 cm³/mol. The van der Waals surface area contributed by atoms with Gasteiger partial charge in [-0.3, -0.25) is 4.98 Å².